The van der Waals surface area contributed by atoms with Crippen molar-refractivity contribution in [1.29, 1.82) is 0 Å². The SMILES string of the molecule is FC(F)Cc1cccc(Br)c1.O=S(=O)(Cl)c1ccc(Br)cc1CC(F)F. The van der Waals surface area contributed by atoms with Gasteiger partial charge in [0.05, 0.1) is 4.90 Å². The van der Waals surface area contributed by atoms with E-state index in [1.54, 1.807) is 18.2 Å². The summed E-state index contributed by atoms with van der Waals surface area (Å²) in [7, 11) is 1.13. The first kappa shape index (κ1) is 23.4. The third-order valence-electron chi connectivity index (χ3n) is 2.94. The van der Waals surface area contributed by atoms with Crippen molar-refractivity contribution < 1.29 is 26.0 Å². The predicted octanol–water partition coefficient (Wildman–Crippen LogP) is 6.44. The van der Waals surface area contributed by atoms with Crippen LogP contribution in [0.3, 0.4) is 0 Å². The maximum absolute atomic E-state index is 12.2. The van der Waals surface area contributed by atoms with Gasteiger partial charge in [0.15, 0.2) is 0 Å². The number of rotatable bonds is 5. The van der Waals surface area contributed by atoms with Crippen molar-refractivity contribution in [2.75, 3.05) is 0 Å². The van der Waals surface area contributed by atoms with Crippen LogP contribution in [0.25, 0.3) is 0 Å². The van der Waals surface area contributed by atoms with E-state index in [0.717, 1.165) is 4.47 Å². The summed E-state index contributed by atoms with van der Waals surface area (Å²) in [4.78, 5) is -0.271. The average Bonchev–Trinajstić information content (AvgIpc) is 2.45. The molecule has 0 unspecified atom stereocenters. The van der Waals surface area contributed by atoms with Gasteiger partial charge in [0.25, 0.3) is 9.05 Å². The van der Waals surface area contributed by atoms with Crippen molar-refractivity contribution in [2.24, 2.45) is 0 Å². The second-order valence-corrected chi connectivity index (χ2v) is 9.38. The second-order valence-electron chi connectivity index (χ2n) is 5.01. The van der Waals surface area contributed by atoms with Crippen LogP contribution in [0.1, 0.15) is 11.1 Å². The van der Waals surface area contributed by atoms with Gasteiger partial charge >= 0.3 is 0 Å². The summed E-state index contributed by atoms with van der Waals surface area (Å²) in [6.07, 6.45) is -5.68. The van der Waals surface area contributed by atoms with Gasteiger partial charge in [-0.15, -0.1) is 0 Å². The van der Waals surface area contributed by atoms with Crippen LogP contribution >= 0.6 is 42.5 Å². The number of benzene rings is 2. The van der Waals surface area contributed by atoms with Crippen molar-refractivity contribution in [2.45, 2.75) is 30.6 Å². The van der Waals surface area contributed by atoms with Gasteiger partial charge in [-0.1, -0.05) is 44.0 Å². The van der Waals surface area contributed by atoms with Gasteiger partial charge in [-0.25, -0.2) is 26.0 Å². The summed E-state index contributed by atoms with van der Waals surface area (Å²) in [5, 5.41) is 0. The van der Waals surface area contributed by atoms with E-state index >= 15 is 0 Å². The van der Waals surface area contributed by atoms with E-state index in [1.807, 2.05) is 6.07 Å². The fourth-order valence-electron chi connectivity index (χ4n) is 1.95. The predicted molar refractivity (Wildman–Crippen MR) is 101 cm³/mol. The molecular weight excluding hydrogens is 527 g/mol. The Kier molecular flexibility index (Phi) is 9.57. The molecule has 0 fully saturated rings. The zero-order valence-corrected chi connectivity index (χ0v) is 17.7. The van der Waals surface area contributed by atoms with Gasteiger partial charge < -0.3 is 0 Å². The third kappa shape index (κ3) is 8.83. The second kappa shape index (κ2) is 10.6. The Morgan fingerprint density at radius 2 is 1.46 bits per heavy atom. The van der Waals surface area contributed by atoms with Crippen molar-refractivity contribution in [3.8, 4) is 0 Å². The van der Waals surface area contributed by atoms with E-state index in [0.29, 0.717) is 10.0 Å². The Bertz CT molecular complexity index is 833. The molecule has 2 aromatic carbocycles. The zero-order chi connectivity index (χ0) is 19.9. The molecule has 0 aliphatic carbocycles. The molecule has 26 heavy (non-hydrogen) atoms. The van der Waals surface area contributed by atoms with Gasteiger partial charge in [-0.05, 0) is 41.5 Å². The minimum absolute atomic E-state index is 0.00868. The van der Waals surface area contributed by atoms with Crippen molar-refractivity contribution in [3.63, 3.8) is 0 Å². The Morgan fingerprint density at radius 1 is 0.885 bits per heavy atom. The smallest absolute Gasteiger partial charge is 0.210 e. The van der Waals surface area contributed by atoms with E-state index in [4.69, 9.17) is 10.7 Å². The maximum Gasteiger partial charge on any atom is 0.261 e. The molecule has 0 aliphatic rings. The first-order valence-corrected chi connectivity index (χ1v) is 10.9. The lowest BCUT2D eigenvalue weighted by Crippen LogP contribution is -2.03. The Labute approximate surface area is 170 Å². The molecule has 10 heteroatoms. The van der Waals surface area contributed by atoms with Crippen LogP contribution in [-0.4, -0.2) is 21.3 Å². The van der Waals surface area contributed by atoms with E-state index in [9.17, 15) is 26.0 Å². The lowest BCUT2D eigenvalue weighted by Gasteiger charge is -2.06. The standard InChI is InChI=1S/C8H6BrClF2O2S.C8H7BrF2/c9-6-1-2-7(15(10,13)14)5(3-6)4-8(11)12;9-7-3-1-2-6(4-7)5-8(10)11/h1-3,8H,4H2;1-4,8H,5H2. The highest BCUT2D eigenvalue weighted by atomic mass is 79.9. The van der Waals surface area contributed by atoms with Crippen molar-refractivity contribution in [3.05, 3.63) is 62.5 Å². The first-order chi connectivity index (χ1) is 12.0. The summed E-state index contributed by atoms with van der Waals surface area (Å²) in [5.41, 5.74) is 0.670. The number of hydrogen-bond donors (Lipinski definition) is 0. The minimum Gasteiger partial charge on any atom is -0.210 e. The fraction of sp³-hybridized carbons (Fsp3) is 0.250. The fourth-order valence-corrected chi connectivity index (χ4v) is 3.95. The Hall–Kier alpha value is -0.640. The summed E-state index contributed by atoms with van der Waals surface area (Å²) in [6.45, 7) is 0. The number of halogens is 7. The van der Waals surface area contributed by atoms with Gasteiger partial charge in [0.1, 0.15) is 0 Å². The molecule has 0 spiro atoms. The maximum atomic E-state index is 12.2. The molecule has 2 rings (SSSR count). The molecule has 2 aromatic rings. The lowest BCUT2D eigenvalue weighted by atomic mass is 10.1. The quantitative estimate of drug-likeness (QED) is 0.323. The molecule has 0 aliphatic heterocycles. The van der Waals surface area contributed by atoms with Gasteiger partial charge in [-0.3, -0.25) is 0 Å². The summed E-state index contributed by atoms with van der Waals surface area (Å²) < 4.78 is 71.5. The monoisotopic (exact) mass is 538 g/mol. The molecule has 0 aromatic heterocycles. The lowest BCUT2D eigenvalue weighted by molar-refractivity contribution is 0.148. The molecule has 2 nitrogen and oxygen atoms in total. The van der Waals surface area contributed by atoms with Gasteiger partial charge in [0.2, 0.25) is 12.9 Å². The largest absolute Gasteiger partial charge is 0.261 e. The highest BCUT2D eigenvalue weighted by Gasteiger charge is 2.18. The zero-order valence-electron chi connectivity index (χ0n) is 13.0. The van der Waals surface area contributed by atoms with E-state index in [2.05, 4.69) is 31.9 Å². The Balaban J connectivity index is 0.000000273. The van der Waals surface area contributed by atoms with Crippen LogP contribution in [0.4, 0.5) is 17.6 Å². The van der Waals surface area contributed by atoms with E-state index in [-0.39, 0.29) is 16.9 Å². The molecule has 0 radical (unpaired) electrons. The minimum atomic E-state index is -3.98. The molecule has 0 saturated carbocycles. The first-order valence-electron chi connectivity index (χ1n) is 7.03. The van der Waals surface area contributed by atoms with Gasteiger partial charge in [-0.2, -0.15) is 0 Å². The summed E-state index contributed by atoms with van der Waals surface area (Å²) >= 11 is 6.28. The highest BCUT2D eigenvalue weighted by molar-refractivity contribution is 9.10. The highest BCUT2D eigenvalue weighted by Crippen LogP contribution is 2.25. The molecule has 0 heterocycles. The Morgan fingerprint density at radius 3 is 1.96 bits per heavy atom. The summed E-state index contributed by atoms with van der Waals surface area (Å²) in [6, 6.07) is 10.9. The number of alkyl halides is 4. The van der Waals surface area contributed by atoms with Crippen molar-refractivity contribution in [1.82, 2.24) is 0 Å². The van der Waals surface area contributed by atoms with Crippen LogP contribution in [-0.2, 0) is 21.9 Å². The average molecular weight is 541 g/mol. The van der Waals surface area contributed by atoms with Crippen LogP contribution in [0.2, 0.25) is 0 Å². The molecule has 0 bridgehead atoms. The molecule has 0 N–H and O–H groups in total. The van der Waals surface area contributed by atoms with Crippen LogP contribution < -0.4 is 0 Å². The molecular formula is C16H13Br2ClF4O2S. The van der Waals surface area contributed by atoms with Crippen LogP contribution in [0.15, 0.2) is 56.3 Å². The molecule has 144 valence electrons. The normalized spacial score (nSPS) is 11.4. The third-order valence-corrected chi connectivity index (χ3v) is 5.35. The summed E-state index contributed by atoms with van der Waals surface area (Å²) in [5.74, 6) is 0. The molecule has 0 atom stereocenters. The molecule has 0 amide bonds. The topological polar surface area (TPSA) is 34.1 Å². The van der Waals surface area contributed by atoms with E-state index < -0.39 is 28.3 Å². The number of hydrogen-bond acceptors (Lipinski definition) is 2. The van der Waals surface area contributed by atoms with E-state index in [1.165, 1.54) is 18.2 Å². The molecule has 0 saturated heterocycles. The van der Waals surface area contributed by atoms with Crippen LogP contribution in [0, 0.1) is 0 Å². The van der Waals surface area contributed by atoms with Crippen LogP contribution in [0.5, 0.6) is 0 Å². The van der Waals surface area contributed by atoms with Gasteiger partial charge in [0, 0.05) is 32.5 Å². The van der Waals surface area contributed by atoms with Crippen molar-refractivity contribution >= 4 is 51.6 Å².